The van der Waals surface area contributed by atoms with Gasteiger partial charge in [-0.2, -0.15) is 0 Å². The summed E-state index contributed by atoms with van der Waals surface area (Å²) in [6.45, 7) is 12.1. The lowest BCUT2D eigenvalue weighted by atomic mass is 9.70. The van der Waals surface area contributed by atoms with E-state index >= 15 is 0 Å². The van der Waals surface area contributed by atoms with Crippen molar-refractivity contribution in [1.29, 1.82) is 0 Å². The second-order valence-corrected chi connectivity index (χ2v) is 16.3. The Morgan fingerprint density at radius 2 is 1.33 bits per heavy atom. The van der Waals surface area contributed by atoms with Gasteiger partial charge in [0, 0.05) is 49.8 Å². The number of aromatic nitrogens is 1. The van der Waals surface area contributed by atoms with Crippen LogP contribution in [0.4, 0.5) is 11.4 Å². The van der Waals surface area contributed by atoms with E-state index in [0.29, 0.717) is 0 Å². The summed E-state index contributed by atoms with van der Waals surface area (Å²) < 4.78 is 2.41. The smallest absolute Gasteiger partial charge is 0.0542 e. The van der Waals surface area contributed by atoms with E-state index in [2.05, 4.69) is 184 Å². The Labute approximate surface area is 301 Å². The van der Waals surface area contributed by atoms with E-state index in [1.807, 2.05) is 0 Å². The number of fused-ring (bicyclic) bond motifs is 8. The molecule has 0 spiro atoms. The molecule has 1 atom stereocenters. The van der Waals surface area contributed by atoms with Gasteiger partial charge in [-0.15, -0.1) is 0 Å². The van der Waals surface area contributed by atoms with Crippen molar-refractivity contribution in [3.05, 3.63) is 179 Å². The molecule has 2 heteroatoms. The molecule has 4 aliphatic rings. The zero-order valence-corrected chi connectivity index (χ0v) is 30.3. The van der Waals surface area contributed by atoms with Gasteiger partial charge in [0.1, 0.15) is 0 Å². The standard InChI is InChI=1S/C49H44N2/c1-47(2)40-19-11-9-17-36(40)37-25-23-34(30-43(37)47)50(35-27-28-49(5)42-21-13-12-20-41(42)48(3,4)46(49)31-35)33-24-26-45-39(29-33)38-18-10-14-22-44(38)51(45)32-15-7-6-8-16-32/h6-8,10-16,18-27,29-31H,9,17,28H2,1-5H3. The first-order valence-corrected chi connectivity index (χ1v) is 18.6. The van der Waals surface area contributed by atoms with E-state index in [9.17, 15) is 0 Å². The van der Waals surface area contributed by atoms with Gasteiger partial charge in [-0.1, -0.05) is 120 Å². The fourth-order valence-corrected chi connectivity index (χ4v) is 10.2. The summed E-state index contributed by atoms with van der Waals surface area (Å²) in [5.74, 6) is 0. The van der Waals surface area contributed by atoms with Crippen LogP contribution >= 0.6 is 0 Å². The Morgan fingerprint density at radius 1 is 0.627 bits per heavy atom. The third-order valence-electron chi connectivity index (χ3n) is 12.8. The number of rotatable bonds is 4. The van der Waals surface area contributed by atoms with Crippen molar-refractivity contribution in [2.45, 2.75) is 70.1 Å². The van der Waals surface area contributed by atoms with Crippen molar-refractivity contribution in [1.82, 2.24) is 4.57 Å². The van der Waals surface area contributed by atoms with Crippen LogP contribution in [0.15, 0.2) is 156 Å². The SMILES string of the molecule is CC1(C)C2=C(CCC=C2)c2ccc(N(C3=CCC4(C)C(=C3)C(C)(C)c3ccccc34)c3ccc4c(c3)c3ccccc3n4-c3ccccc3)cc21. The minimum Gasteiger partial charge on any atom is -0.311 e. The maximum atomic E-state index is 2.54. The average Bonchev–Trinajstić information content (AvgIpc) is 3.67. The van der Waals surface area contributed by atoms with Crippen molar-refractivity contribution in [2.75, 3.05) is 4.90 Å². The Hall–Kier alpha value is -5.34. The van der Waals surface area contributed by atoms with Gasteiger partial charge in [0.25, 0.3) is 0 Å². The predicted octanol–water partition coefficient (Wildman–Crippen LogP) is 12.8. The molecule has 0 N–H and O–H groups in total. The quantitative estimate of drug-likeness (QED) is 0.183. The van der Waals surface area contributed by atoms with Crippen LogP contribution in [0, 0.1) is 0 Å². The normalized spacial score (nSPS) is 20.9. The second-order valence-electron chi connectivity index (χ2n) is 16.3. The van der Waals surface area contributed by atoms with Gasteiger partial charge >= 0.3 is 0 Å². The Kier molecular flexibility index (Phi) is 6.33. The lowest BCUT2D eigenvalue weighted by Crippen LogP contribution is -2.30. The fourth-order valence-electron chi connectivity index (χ4n) is 10.2. The molecule has 6 aromatic rings. The number of allylic oxidation sites excluding steroid dienone is 7. The van der Waals surface area contributed by atoms with Gasteiger partial charge in [0.2, 0.25) is 0 Å². The Balaban J connectivity index is 1.19. The summed E-state index contributed by atoms with van der Waals surface area (Å²) in [6, 6.07) is 43.1. The third kappa shape index (κ3) is 4.17. The number of hydrogen-bond donors (Lipinski definition) is 0. The summed E-state index contributed by atoms with van der Waals surface area (Å²) >= 11 is 0. The molecule has 4 aliphatic carbocycles. The minimum atomic E-state index is -0.0567. The number of nitrogens with zero attached hydrogens (tertiary/aromatic N) is 2. The van der Waals surface area contributed by atoms with Crippen LogP contribution in [0.3, 0.4) is 0 Å². The van der Waals surface area contributed by atoms with Gasteiger partial charge in [0.15, 0.2) is 0 Å². The molecule has 0 fully saturated rings. The van der Waals surface area contributed by atoms with Crippen LogP contribution in [0.25, 0.3) is 33.1 Å². The second kappa shape index (κ2) is 10.6. The van der Waals surface area contributed by atoms with Crippen LogP contribution in [0.2, 0.25) is 0 Å². The molecule has 10 rings (SSSR count). The van der Waals surface area contributed by atoms with E-state index in [0.717, 1.165) is 19.3 Å². The van der Waals surface area contributed by atoms with Gasteiger partial charge in [-0.05, 0) is 113 Å². The highest BCUT2D eigenvalue weighted by atomic mass is 15.1. The zero-order valence-electron chi connectivity index (χ0n) is 30.3. The largest absolute Gasteiger partial charge is 0.311 e. The maximum Gasteiger partial charge on any atom is 0.0542 e. The molecular weight excluding hydrogens is 617 g/mol. The molecule has 0 radical (unpaired) electrons. The molecule has 0 saturated heterocycles. The topological polar surface area (TPSA) is 8.17 Å². The molecule has 0 aliphatic heterocycles. The highest BCUT2D eigenvalue weighted by Gasteiger charge is 2.50. The van der Waals surface area contributed by atoms with Gasteiger partial charge < -0.3 is 9.47 Å². The van der Waals surface area contributed by atoms with Crippen molar-refractivity contribution >= 4 is 38.8 Å². The fraction of sp³-hybridized carbons (Fsp3) is 0.224. The molecule has 250 valence electrons. The molecule has 1 heterocycles. The van der Waals surface area contributed by atoms with E-state index < -0.39 is 0 Å². The van der Waals surface area contributed by atoms with E-state index in [-0.39, 0.29) is 16.2 Å². The van der Waals surface area contributed by atoms with Crippen LogP contribution < -0.4 is 4.90 Å². The molecule has 2 nitrogen and oxygen atoms in total. The highest BCUT2D eigenvalue weighted by Crippen LogP contribution is 2.58. The first-order valence-electron chi connectivity index (χ1n) is 18.6. The monoisotopic (exact) mass is 660 g/mol. The molecule has 5 aromatic carbocycles. The first kappa shape index (κ1) is 30.5. The molecule has 1 unspecified atom stereocenters. The summed E-state index contributed by atoms with van der Waals surface area (Å²) in [5.41, 5.74) is 17.5. The third-order valence-corrected chi connectivity index (χ3v) is 12.8. The van der Waals surface area contributed by atoms with Crippen LogP contribution in [-0.2, 0) is 16.2 Å². The summed E-state index contributed by atoms with van der Waals surface area (Å²) in [6.07, 6.45) is 13.0. The number of benzene rings is 5. The molecular formula is C49H44N2. The molecule has 0 bridgehead atoms. The van der Waals surface area contributed by atoms with E-state index in [1.165, 1.54) is 83.5 Å². The lowest BCUT2D eigenvalue weighted by Gasteiger charge is -2.38. The summed E-state index contributed by atoms with van der Waals surface area (Å²) in [5, 5.41) is 2.54. The van der Waals surface area contributed by atoms with Crippen LogP contribution in [0.1, 0.15) is 76.1 Å². The van der Waals surface area contributed by atoms with Gasteiger partial charge in [-0.25, -0.2) is 0 Å². The van der Waals surface area contributed by atoms with Crippen LogP contribution in [0.5, 0.6) is 0 Å². The Bertz CT molecular complexity index is 2570. The number of para-hydroxylation sites is 2. The average molecular weight is 661 g/mol. The van der Waals surface area contributed by atoms with E-state index in [1.54, 1.807) is 0 Å². The minimum absolute atomic E-state index is 0.0163. The van der Waals surface area contributed by atoms with Gasteiger partial charge in [-0.3, -0.25) is 0 Å². The van der Waals surface area contributed by atoms with Gasteiger partial charge in [0.05, 0.1) is 11.0 Å². The summed E-state index contributed by atoms with van der Waals surface area (Å²) in [7, 11) is 0. The van der Waals surface area contributed by atoms with Crippen molar-refractivity contribution in [2.24, 2.45) is 0 Å². The van der Waals surface area contributed by atoms with Crippen molar-refractivity contribution in [3.63, 3.8) is 0 Å². The molecule has 0 amide bonds. The molecule has 0 saturated carbocycles. The van der Waals surface area contributed by atoms with E-state index in [4.69, 9.17) is 0 Å². The number of anilines is 2. The maximum absolute atomic E-state index is 2.54. The molecule has 1 aromatic heterocycles. The zero-order chi connectivity index (χ0) is 34.7. The van der Waals surface area contributed by atoms with Crippen LogP contribution in [-0.4, -0.2) is 4.57 Å². The van der Waals surface area contributed by atoms with Crippen molar-refractivity contribution in [3.8, 4) is 5.69 Å². The number of hydrogen-bond acceptors (Lipinski definition) is 1. The first-order chi connectivity index (χ1) is 24.7. The highest BCUT2D eigenvalue weighted by molar-refractivity contribution is 6.10. The van der Waals surface area contributed by atoms with Crippen molar-refractivity contribution < 1.29 is 0 Å². The summed E-state index contributed by atoms with van der Waals surface area (Å²) in [4.78, 5) is 2.54. The lowest BCUT2D eigenvalue weighted by molar-refractivity contribution is 0.508. The molecule has 51 heavy (non-hydrogen) atoms. The predicted molar refractivity (Wildman–Crippen MR) is 215 cm³/mol. The Morgan fingerprint density at radius 3 is 2.18 bits per heavy atom.